The van der Waals surface area contributed by atoms with Crippen molar-refractivity contribution < 1.29 is 9.59 Å². The van der Waals surface area contributed by atoms with E-state index in [1.807, 2.05) is 25.1 Å². The normalized spacial score (nSPS) is 10.7. The Balaban J connectivity index is 0.00000512. The Morgan fingerprint density at radius 3 is 2.50 bits per heavy atom. The van der Waals surface area contributed by atoms with Crippen LogP contribution in [0, 0.1) is 0 Å². The molecule has 0 spiro atoms. The fraction of sp³-hybridized carbons (Fsp3) is 0.348. The summed E-state index contributed by atoms with van der Waals surface area (Å²) in [4.78, 5) is 28.3. The van der Waals surface area contributed by atoms with Crippen LogP contribution in [0.2, 0.25) is 5.02 Å². The highest BCUT2D eigenvalue weighted by atomic mass is 127. The third kappa shape index (κ3) is 10.3. The van der Waals surface area contributed by atoms with Crippen molar-refractivity contribution in [1.29, 1.82) is 0 Å². The summed E-state index contributed by atoms with van der Waals surface area (Å²) < 4.78 is 0. The van der Waals surface area contributed by atoms with E-state index in [0.29, 0.717) is 42.5 Å². The Labute approximate surface area is 211 Å². The zero-order chi connectivity index (χ0) is 22.5. The molecule has 0 aliphatic carbocycles. The molecule has 4 N–H and O–H groups in total. The molecule has 0 aliphatic heterocycles. The number of nitrogens with one attached hydrogen (secondary N) is 4. The lowest BCUT2D eigenvalue weighted by molar-refractivity contribution is -0.116. The number of halogens is 2. The van der Waals surface area contributed by atoms with Gasteiger partial charge in [-0.2, -0.15) is 0 Å². The van der Waals surface area contributed by atoms with E-state index in [1.54, 1.807) is 37.4 Å². The maximum Gasteiger partial charge on any atom is 0.251 e. The second kappa shape index (κ2) is 15.5. The van der Waals surface area contributed by atoms with Gasteiger partial charge in [0, 0.05) is 49.4 Å². The fourth-order valence-corrected chi connectivity index (χ4v) is 2.99. The molecule has 9 heteroatoms. The highest BCUT2D eigenvalue weighted by molar-refractivity contribution is 14.0. The van der Waals surface area contributed by atoms with Crippen LogP contribution in [0.3, 0.4) is 0 Å². The first kappa shape index (κ1) is 27.7. The van der Waals surface area contributed by atoms with Crippen LogP contribution in [-0.2, 0) is 11.2 Å². The lowest BCUT2D eigenvalue weighted by Gasteiger charge is -2.12. The van der Waals surface area contributed by atoms with Crippen LogP contribution >= 0.6 is 35.6 Å². The predicted molar refractivity (Wildman–Crippen MR) is 142 cm³/mol. The number of rotatable bonds is 10. The molecule has 2 rings (SSSR count). The van der Waals surface area contributed by atoms with Crippen molar-refractivity contribution in [1.82, 2.24) is 16.0 Å². The minimum Gasteiger partial charge on any atom is -0.357 e. The van der Waals surface area contributed by atoms with Gasteiger partial charge in [0.25, 0.3) is 5.91 Å². The van der Waals surface area contributed by atoms with Crippen LogP contribution in [0.5, 0.6) is 0 Å². The molecule has 0 radical (unpaired) electrons. The highest BCUT2D eigenvalue weighted by Gasteiger charge is 2.05. The molecule has 0 fully saturated rings. The number of amides is 2. The molecule has 174 valence electrons. The van der Waals surface area contributed by atoms with E-state index in [4.69, 9.17) is 11.6 Å². The number of carbonyl (C=O) groups excluding carboxylic acids is 2. The van der Waals surface area contributed by atoms with Gasteiger partial charge in [0.2, 0.25) is 5.91 Å². The van der Waals surface area contributed by atoms with E-state index in [1.165, 1.54) is 0 Å². The summed E-state index contributed by atoms with van der Waals surface area (Å²) in [5.41, 5.74) is 2.45. The number of carbonyl (C=O) groups is 2. The highest BCUT2D eigenvalue weighted by Crippen LogP contribution is 2.13. The summed E-state index contributed by atoms with van der Waals surface area (Å²) in [6, 6.07) is 14.6. The summed E-state index contributed by atoms with van der Waals surface area (Å²) in [5.74, 6) is 0.569. The molecule has 7 nitrogen and oxygen atoms in total. The van der Waals surface area contributed by atoms with Gasteiger partial charge in [0.05, 0.1) is 0 Å². The zero-order valence-corrected chi connectivity index (χ0v) is 21.5. The summed E-state index contributed by atoms with van der Waals surface area (Å²) >= 11 is 5.85. The monoisotopic (exact) mass is 571 g/mol. The van der Waals surface area contributed by atoms with Crippen molar-refractivity contribution in [2.24, 2.45) is 4.99 Å². The molecule has 0 heterocycles. The Bertz CT molecular complexity index is 890. The molecule has 2 amide bonds. The van der Waals surface area contributed by atoms with Crippen molar-refractivity contribution in [3.8, 4) is 0 Å². The van der Waals surface area contributed by atoms with E-state index >= 15 is 0 Å². The first-order valence-electron chi connectivity index (χ1n) is 10.4. The SMILES string of the molecule is CCNC(=NCCCC(=O)Nc1ccc(Cl)cc1)NCCc1cccc(C(=O)NC)c1.I. The average molecular weight is 572 g/mol. The summed E-state index contributed by atoms with van der Waals surface area (Å²) in [7, 11) is 1.62. The number of hydrogen-bond acceptors (Lipinski definition) is 3. The molecule has 0 aliphatic rings. The number of hydrogen-bond donors (Lipinski definition) is 4. The van der Waals surface area contributed by atoms with Crippen LogP contribution in [-0.4, -0.2) is 44.5 Å². The van der Waals surface area contributed by atoms with Crippen LogP contribution in [0.4, 0.5) is 5.69 Å². The second-order valence-electron chi connectivity index (χ2n) is 6.88. The quantitative estimate of drug-likeness (QED) is 0.151. The van der Waals surface area contributed by atoms with Gasteiger partial charge >= 0.3 is 0 Å². The van der Waals surface area contributed by atoms with Crippen molar-refractivity contribution in [3.63, 3.8) is 0 Å². The van der Waals surface area contributed by atoms with Crippen molar-refractivity contribution in [3.05, 3.63) is 64.7 Å². The molecule has 0 saturated heterocycles. The predicted octanol–water partition coefficient (Wildman–Crippen LogP) is 3.83. The molecule has 0 bridgehead atoms. The standard InChI is InChI=1S/C23H30ClN5O2.HI/c1-3-26-23(28-15-13-17-6-4-7-18(16-17)22(31)25-2)27-14-5-8-21(30)29-20-11-9-19(24)10-12-20;/h4,6-7,9-12,16H,3,5,8,13-15H2,1-2H3,(H,25,31)(H,29,30)(H2,26,27,28);1H. The lowest BCUT2D eigenvalue weighted by atomic mass is 10.1. The van der Waals surface area contributed by atoms with Gasteiger partial charge in [-0.3, -0.25) is 14.6 Å². The van der Waals surface area contributed by atoms with Crippen LogP contribution < -0.4 is 21.3 Å². The van der Waals surface area contributed by atoms with Gasteiger partial charge in [0.15, 0.2) is 5.96 Å². The topological polar surface area (TPSA) is 94.6 Å². The Morgan fingerprint density at radius 1 is 1.06 bits per heavy atom. The molecular formula is C23H31ClIN5O2. The van der Waals surface area contributed by atoms with Crippen molar-refractivity contribution in [2.45, 2.75) is 26.2 Å². The maximum atomic E-state index is 12.0. The molecule has 2 aromatic carbocycles. The Morgan fingerprint density at radius 2 is 1.81 bits per heavy atom. The van der Waals surface area contributed by atoms with E-state index in [0.717, 1.165) is 24.2 Å². The molecule has 0 saturated carbocycles. The van der Waals surface area contributed by atoms with E-state index in [-0.39, 0.29) is 35.8 Å². The average Bonchev–Trinajstić information content (AvgIpc) is 2.78. The zero-order valence-electron chi connectivity index (χ0n) is 18.4. The minimum absolute atomic E-state index is 0. The lowest BCUT2D eigenvalue weighted by Crippen LogP contribution is -2.38. The molecule has 0 unspecified atom stereocenters. The Hall–Kier alpha value is -2.33. The van der Waals surface area contributed by atoms with E-state index in [9.17, 15) is 9.59 Å². The molecule has 0 aromatic heterocycles. The number of aliphatic imine (C=N–C) groups is 1. The number of benzene rings is 2. The molecular weight excluding hydrogens is 541 g/mol. The van der Waals surface area contributed by atoms with Crippen LogP contribution in [0.25, 0.3) is 0 Å². The molecule has 32 heavy (non-hydrogen) atoms. The van der Waals surface area contributed by atoms with Crippen molar-refractivity contribution in [2.75, 3.05) is 32.0 Å². The summed E-state index contributed by atoms with van der Waals surface area (Å²) in [6.45, 7) is 3.97. The van der Waals surface area contributed by atoms with Gasteiger partial charge in [-0.15, -0.1) is 24.0 Å². The number of guanidine groups is 1. The fourth-order valence-electron chi connectivity index (χ4n) is 2.87. The third-order valence-electron chi connectivity index (χ3n) is 4.43. The minimum atomic E-state index is -0.0928. The van der Waals surface area contributed by atoms with Gasteiger partial charge in [-0.25, -0.2) is 0 Å². The van der Waals surface area contributed by atoms with Gasteiger partial charge in [-0.05, 0) is 61.7 Å². The smallest absolute Gasteiger partial charge is 0.251 e. The Kier molecular flexibility index (Phi) is 13.4. The molecule has 2 aromatic rings. The van der Waals surface area contributed by atoms with E-state index < -0.39 is 0 Å². The first-order valence-corrected chi connectivity index (χ1v) is 10.8. The van der Waals surface area contributed by atoms with Crippen LogP contribution in [0.1, 0.15) is 35.7 Å². The maximum absolute atomic E-state index is 12.0. The number of anilines is 1. The van der Waals surface area contributed by atoms with E-state index in [2.05, 4.69) is 26.3 Å². The largest absolute Gasteiger partial charge is 0.357 e. The molecule has 0 atom stereocenters. The van der Waals surface area contributed by atoms with Crippen LogP contribution in [0.15, 0.2) is 53.5 Å². The van der Waals surface area contributed by atoms with Crippen molar-refractivity contribution >= 4 is 59.0 Å². The summed E-state index contributed by atoms with van der Waals surface area (Å²) in [5, 5.41) is 12.6. The summed E-state index contributed by atoms with van der Waals surface area (Å²) in [6.07, 6.45) is 1.79. The van der Waals surface area contributed by atoms with Gasteiger partial charge < -0.3 is 21.3 Å². The van der Waals surface area contributed by atoms with Gasteiger partial charge in [-0.1, -0.05) is 23.7 Å². The number of nitrogens with zero attached hydrogens (tertiary/aromatic N) is 1. The second-order valence-corrected chi connectivity index (χ2v) is 7.31. The van der Waals surface area contributed by atoms with Gasteiger partial charge in [0.1, 0.15) is 0 Å². The first-order chi connectivity index (χ1) is 15.0. The third-order valence-corrected chi connectivity index (χ3v) is 4.68.